The Hall–Kier alpha value is -0.880. The molecule has 1 rings (SSSR count). The third kappa shape index (κ3) is 2.53. The van der Waals surface area contributed by atoms with Crippen molar-refractivity contribution in [3.05, 3.63) is 12.0 Å². The van der Waals surface area contributed by atoms with Crippen LogP contribution in [0.4, 0.5) is 0 Å². The molecule has 0 aliphatic carbocycles. The van der Waals surface area contributed by atoms with E-state index in [1.165, 1.54) is 6.20 Å². The minimum atomic E-state index is -3.37. The van der Waals surface area contributed by atoms with Crippen LogP contribution in [0.3, 0.4) is 0 Å². The van der Waals surface area contributed by atoms with Gasteiger partial charge in [-0.25, -0.2) is 18.1 Å². The van der Waals surface area contributed by atoms with Gasteiger partial charge in [-0.2, -0.15) is 0 Å². The number of nitrogens with zero attached hydrogens (tertiary/aromatic N) is 1. The third-order valence-electron chi connectivity index (χ3n) is 1.51. The molecule has 1 aromatic heterocycles. The van der Waals surface area contributed by atoms with E-state index >= 15 is 0 Å². The Morgan fingerprint density at radius 2 is 2.31 bits per heavy atom. The van der Waals surface area contributed by atoms with Crippen LogP contribution in [0.25, 0.3) is 0 Å². The molecule has 0 amide bonds. The summed E-state index contributed by atoms with van der Waals surface area (Å²) < 4.78 is 25.3. The van der Waals surface area contributed by atoms with E-state index in [2.05, 4.69) is 14.7 Å². The van der Waals surface area contributed by atoms with Crippen molar-refractivity contribution in [2.24, 2.45) is 0 Å². The Bertz CT molecular complexity index is 369. The second-order valence-electron chi connectivity index (χ2n) is 2.73. The maximum absolute atomic E-state index is 11.4. The zero-order valence-electron chi connectivity index (χ0n) is 7.66. The molecule has 0 aliphatic rings. The highest BCUT2D eigenvalue weighted by atomic mass is 32.2. The highest BCUT2D eigenvalue weighted by Crippen LogP contribution is 2.03. The second-order valence-corrected chi connectivity index (χ2v) is 4.47. The predicted molar refractivity (Wildman–Crippen MR) is 48.8 cm³/mol. The molecule has 0 bridgehead atoms. The quantitative estimate of drug-likeness (QED) is 0.744. The SMILES string of the molecule is CCCNS(=O)(=O)c1cnc(C)[nH]1. The summed E-state index contributed by atoms with van der Waals surface area (Å²) in [7, 11) is -3.37. The molecule has 1 aromatic rings. The van der Waals surface area contributed by atoms with Crippen molar-refractivity contribution in [3.63, 3.8) is 0 Å². The molecule has 74 valence electrons. The van der Waals surface area contributed by atoms with Gasteiger partial charge < -0.3 is 4.98 Å². The van der Waals surface area contributed by atoms with Crippen LogP contribution in [0, 0.1) is 6.92 Å². The molecular weight excluding hydrogens is 190 g/mol. The first-order valence-electron chi connectivity index (χ1n) is 4.07. The number of aryl methyl sites for hydroxylation is 1. The predicted octanol–water partition coefficient (Wildman–Crippen LogP) is 0.406. The van der Waals surface area contributed by atoms with Crippen LogP contribution in [-0.4, -0.2) is 24.9 Å². The summed E-state index contributed by atoms with van der Waals surface area (Å²) in [6.45, 7) is 4.06. The number of aromatic nitrogens is 2. The van der Waals surface area contributed by atoms with Crippen LogP contribution in [0.5, 0.6) is 0 Å². The first-order valence-corrected chi connectivity index (χ1v) is 5.56. The Morgan fingerprint density at radius 1 is 1.62 bits per heavy atom. The summed E-state index contributed by atoms with van der Waals surface area (Å²) >= 11 is 0. The number of hydrogen-bond donors (Lipinski definition) is 2. The topological polar surface area (TPSA) is 74.8 Å². The van der Waals surface area contributed by atoms with Gasteiger partial charge in [-0.05, 0) is 13.3 Å². The molecule has 0 atom stereocenters. The van der Waals surface area contributed by atoms with Gasteiger partial charge in [0.25, 0.3) is 10.0 Å². The molecule has 0 aromatic carbocycles. The number of hydrogen-bond acceptors (Lipinski definition) is 3. The summed E-state index contributed by atoms with van der Waals surface area (Å²) in [6.07, 6.45) is 2.08. The number of rotatable bonds is 4. The fourth-order valence-electron chi connectivity index (χ4n) is 0.849. The summed E-state index contributed by atoms with van der Waals surface area (Å²) in [4.78, 5) is 6.48. The van der Waals surface area contributed by atoms with Gasteiger partial charge in [-0.3, -0.25) is 0 Å². The van der Waals surface area contributed by atoms with Crippen LogP contribution in [0.1, 0.15) is 19.2 Å². The summed E-state index contributed by atoms with van der Waals surface area (Å²) in [5.41, 5.74) is 0. The Labute approximate surface area is 77.6 Å². The monoisotopic (exact) mass is 203 g/mol. The van der Waals surface area contributed by atoms with Crippen LogP contribution in [0.2, 0.25) is 0 Å². The highest BCUT2D eigenvalue weighted by molar-refractivity contribution is 7.89. The number of imidazole rings is 1. The van der Waals surface area contributed by atoms with Gasteiger partial charge in [0.15, 0.2) is 5.03 Å². The van der Waals surface area contributed by atoms with Gasteiger partial charge in [-0.15, -0.1) is 0 Å². The number of sulfonamides is 1. The Balaban J connectivity index is 2.82. The van der Waals surface area contributed by atoms with E-state index in [9.17, 15) is 8.42 Å². The van der Waals surface area contributed by atoms with Gasteiger partial charge in [0.2, 0.25) is 0 Å². The van der Waals surface area contributed by atoms with Crippen LogP contribution < -0.4 is 4.72 Å². The molecule has 1 heterocycles. The molecule has 13 heavy (non-hydrogen) atoms. The molecule has 0 saturated heterocycles. The van der Waals surface area contributed by atoms with E-state index in [0.29, 0.717) is 12.4 Å². The van der Waals surface area contributed by atoms with Crippen molar-refractivity contribution in [2.45, 2.75) is 25.3 Å². The lowest BCUT2D eigenvalue weighted by Crippen LogP contribution is -2.24. The molecule has 0 aliphatic heterocycles. The molecule has 0 unspecified atom stereocenters. The average molecular weight is 203 g/mol. The fourth-order valence-corrected chi connectivity index (χ4v) is 1.95. The van der Waals surface area contributed by atoms with Crippen molar-refractivity contribution in [1.29, 1.82) is 0 Å². The van der Waals surface area contributed by atoms with Gasteiger partial charge >= 0.3 is 0 Å². The minimum Gasteiger partial charge on any atom is -0.332 e. The third-order valence-corrected chi connectivity index (χ3v) is 2.88. The van der Waals surface area contributed by atoms with Crippen molar-refractivity contribution >= 4 is 10.0 Å². The smallest absolute Gasteiger partial charge is 0.257 e. The number of aromatic amines is 1. The van der Waals surface area contributed by atoms with E-state index < -0.39 is 10.0 Å². The standard InChI is InChI=1S/C7H13N3O2S/c1-3-4-9-13(11,12)7-5-8-6(2)10-7/h5,9H,3-4H2,1-2H3,(H,8,10). The first kappa shape index (κ1) is 10.2. The lowest BCUT2D eigenvalue weighted by Gasteiger charge is -2.01. The van der Waals surface area contributed by atoms with Crippen LogP contribution >= 0.6 is 0 Å². The molecule has 0 spiro atoms. The largest absolute Gasteiger partial charge is 0.332 e. The second kappa shape index (κ2) is 3.89. The Kier molecular flexibility index (Phi) is 3.05. The number of H-pyrrole nitrogens is 1. The molecule has 0 saturated carbocycles. The summed E-state index contributed by atoms with van der Waals surface area (Å²) in [6, 6.07) is 0. The van der Waals surface area contributed by atoms with E-state index in [1.54, 1.807) is 6.92 Å². The lowest BCUT2D eigenvalue weighted by molar-refractivity contribution is 0.577. The van der Waals surface area contributed by atoms with E-state index in [4.69, 9.17) is 0 Å². The molecule has 5 nitrogen and oxygen atoms in total. The maximum atomic E-state index is 11.4. The van der Waals surface area contributed by atoms with Gasteiger partial charge in [0.05, 0.1) is 6.20 Å². The average Bonchev–Trinajstić information content (AvgIpc) is 2.49. The normalized spacial score (nSPS) is 11.8. The zero-order chi connectivity index (χ0) is 9.90. The highest BCUT2D eigenvalue weighted by Gasteiger charge is 2.14. The van der Waals surface area contributed by atoms with Gasteiger partial charge in [0.1, 0.15) is 5.82 Å². The molecule has 2 N–H and O–H groups in total. The lowest BCUT2D eigenvalue weighted by atomic mass is 10.5. The fraction of sp³-hybridized carbons (Fsp3) is 0.571. The Morgan fingerprint density at radius 3 is 2.77 bits per heavy atom. The van der Waals surface area contributed by atoms with E-state index in [1.807, 2.05) is 6.92 Å². The van der Waals surface area contributed by atoms with Crippen molar-refractivity contribution < 1.29 is 8.42 Å². The molecule has 6 heteroatoms. The maximum Gasteiger partial charge on any atom is 0.257 e. The van der Waals surface area contributed by atoms with Gasteiger partial charge in [0, 0.05) is 6.54 Å². The molecular formula is C7H13N3O2S. The summed E-state index contributed by atoms with van der Waals surface area (Å²) in [5, 5.41) is 0.124. The van der Waals surface area contributed by atoms with Crippen molar-refractivity contribution in [3.8, 4) is 0 Å². The van der Waals surface area contributed by atoms with E-state index in [0.717, 1.165) is 6.42 Å². The molecule has 0 radical (unpaired) electrons. The van der Waals surface area contributed by atoms with Crippen molar-refractivity contribution in [1.82, 2.24) is 14.7 Å². The number of nitrogens with one attached hydrogen (secondary N) is 2. The van der Waals surface area contributed by atoms with Gasteiger partial charge in [-0.1, -0.05) is 6.92 Å². The minimum absolute atomic E-state index is 0.124. The van der Waals surface area contributed by atoms with Crippen LogP contribution in [-0.2, 0) is 10.0 Å². The zero-order valence-corrected chi connectivity index (χ0v) is 8.48. The van der Waals surface area contributed by atoms with Crippen LogP contribution in [0.15, 0.2) is 11.2 Å². The summed E-state index contributed by atoms with van der Waals surface area (Å²) in [5.74, 6) is 0.594. The van der Waals surface area contributed by atoms with Crippen molar-refractivity contribution in [2.75, 3.05) is 6.54 Å². The molecule has 0 fully saturated rings. The van der Waals surface area contributed by atoms with E-state index in [-0.39, 0.29) is 5.03 Å². The first-order chi connectivity index (χ1) is 6.06.